The molecule has 0 spiro atoms. The number of aliphatic hydroxyl groups is 1. The zero-order chi connectivity index (χ0) is 15.6. The second-order valence-corrected chi connectivity index (χ2v) is 5.00. The second-order valence-electron chi connectivity index (χ2n) is 5.00. The highest BCUT2D eigenvalue weighted by Crippen LogP contribution is 2.21. The molecule has 0 saturated heterocycles. The van der Waals surface area contributed by atoms with Gasteiger partial charge in [-0.05, 0) is 38.5 Å². The van der Waals surface area contributed by atoms with Crippen LogP contribution in [0.15, 0.2) is 24.3 Å². The van der Waals surface area contributed by atoms with Crippen molar-refractivity contribution in [2.45, 2.75) is 33.3 Å². The van der Waals surface area contributed by atoms with Gasteiger partial charge in [0.1, 0.15) is 0 Å². The van der Waals surface area contributed by atoms with E-state index in [2.05, 4.69) is 9.97 Å². The van der Waals surface area contributed by atoms with Crippen molar-refractivity contribution in [2.75, 3.05) is 0 Å². The zero-order valence-corrected chi connectivity index (χ0v) is 12.2. The Bertz CT molecular complexity index is 669. The van der Waals surface area contributed by atoms with Crippen LogP contribution in [0.4, 0.5) is 5.69 Å². The van der Waals surface area contributed by atoms with Crippen molar-refractivity contribution >= 4 is 5.69 Å². The van der Waals surface area contributed by atoms with Crippen molar-refractivity contribution in [2.24, 2.45) is 0 Å². The highest BCUT2D eigenvalue weighted by atomic mass is 16.6. The fourth-order valence-corrected chi connectivity index (χ4v) is 2.07. The first-order valence-corrected chi connectivity index (χ1v) is 6.61. The topological polar surface area (TPSA) is 89.2 Å². The van der Waals surface area contributed by atoms with E-state index in [1.165, 1.54) is 12.1 Å². The molecule has 0 fully saturated rings. The van der Waals surface area contributed by atoms with Gasteiger partial charge in [0.15, 0.2) is 0 Å². The number of aromatic nitrogens is 2. The lowest BCUT2D eigenvalue weighted by Gasteiger charge is -2.13. The number of nitro benzene ring substituents is 1. The number of benzene rings is 1. The van der Waals surface area contributed by atoms with E-state index >= 15 is 0 Å². The molecule has 0 aliphatic heterocycles. The Kier molecular flexibility index (Phi) is 4.28. The minimum Gasteiger partial charge on any atom is -0.388 e. The minimum absolute atomic E-state index is 0.00750. The number of non-ortho nitro benzene ring substituents is 1. The summed E-state index contributed by atoms with van der Waals surface area (Å²) in [5.41, 5.74) is 3.88. The Balaban J connectivity index is 2.19. The number of aliphatic hydroxyl groups excluding tert-OH is 1. The van der Waals surface area contributed by atoms with E-state index in [4.69, 9.17) is 0 Å². The minimum atomic E-state index is -0.763. The summed E-state index contributed by atoms with van der Waals surface area (Å²) in [7, 11) is 0. The monoisotopic (exact) mass is 287 g/mol. The summed E-state index contributed by atoms with van der Waals surface area (Å²) >= 11 is 0. The third-order valence-electron chi connectivity index (χ3n) is 3.45. The van der Waals surface area contributed by atoms with E-state index < -0.39 is 11.0 Å². The smallest absolute Gasteiger partial charge is 0.269 e. The molecule has 1 unspecified atom stereocenters. The molecular formula is C15H17N3O3. The summed E-state index contributed by atoms with van der Waals surface area (Å²) in [6.07, 6.45) is -0.432. The first kappa shape index (κ1) is 15.1. The number of hydrogen-bond donors (Lipinski definition) is 1. The Morgan fingerprint density at radius 1 is 1.10 bits per heavy atom. The molecule has 1 N–H and O–H groups in total. The van der Waals surface area contributed by atoms with Crippen LogP contribution in [0.1, 0.15) is 34.4 Å². The van der Waals surface area contributed by atoms with Crippen LogP contribution >= 0.6 is 0 Å². The molecule has 21 heavy (non-hydrogen) atoms. The van der Waals surface area contributed by atoms with Crippen LogP contribution in [-0.2, 0) is 6.42 Å². The molecule has 1 atom stereocenters. The molecule has 1 aromatic carbocycles. The molecule has 110 valence electrons. The van der Waals surface area contributed by atoms with Crippen molar-refractivity contribution in [1.29, 1.82) is 0 Å². The highest BCUT2D eigenvalue weighted by molar-refractivity contribution is 5.34. The van der Waals surface area contributed by atoms with Crippen LogP contribution in [0.5, 0.6) is 0 Å². The molecule has 0 bridgehead atoms. The van der Waals surface area contributed by atoms with E-state index in [1.54, 1.807) is 12.1 Å². The summed E-state index contributed by atoms with van der Waals surface area (Å²) in [5.74, 6) is 0. The van der Waals surface area contributed by atoms with E-state index in [9.17, 15) is 15.2 Å². The first-order chi connectivity index (χ1) is 9.88. The fourth-order valence-electron chi connectivity index (χ4n) is 2.07. The van der Waals surface area contributed by atoms with Gasteiger partial charge in [0, 0.05) is 18.6 Å². The Hall–Kier alpha value is -2.34. The van der Waals surface area contributed by atoms with E-state index in [1.807, 2.05) is 20.8 Å². The van der Waals surface area contributed by atoms with Gasteiger partial charge in [-0.1, -0.05) is 0 Å². The molecule has 6 heteroatoms. The van der Waals surface area contributed by atoms with Crippen molar-refractivity contribution in [3.63, 3.8) is 0 Å². The molecule has 0 saturated carbocycles. The zero-order valence-electron chi connectivity index (χ0n) is 12.2. The van der Waals surface area contributed by atoms with Gasteiger partial charge in [-0.25, -0.2) is 0 Å². The molecule has 2 rings (SSSR count). The number of nitro groups is 1. The molecule has 1 heterocycles. The number of rotatable bonds is 4. The van der Waals surface area contributed by atoms with Crippen molar-refractivity contribution in [3.8, 4) is 0 Å². The Morgan fingerprint density at radius 2 is 1.67 bits per heavy atom. The van der Waals surface area contributed by atoms with Crippen LogP contribution in [0.2, 0.25) is 0 Å². The van der Waals surface area contributed by atoms with Gasteiger partial charge in [-0.3, -0.25) is 20.1 Å². The standard InChI is InChI=1S/C15H17N3O3/c1-9-10(2)17-14(11(3)16-9)8-15(19)12-4-6-13(7-5-12)18(20)21/h4-7,15,19H,8H2,1-3H3. The van der Waals surface area contributed by atoms with Gasteiger partial charge in [-0.2, -0.15) is 0 Å². The first-order valence-electron chi connectivity index (χ1n) is 6.61. The van der Waals surface area contributed by atoms with Gasteiger partial charge in [0.05, 0.1) is 33.8 Å². The molecule has 0 aliphatic rings. The van der Waals surface area contributed by atoms with Crippen LogP contribution in [0, 0.1) is 30.9 Å². The lowest BCUT2D eigenvalue weighted by molar-refractivity contribution is -0.384. The van der Waals surface area contributed by atoms with Crippen molar-refractivity contribution < 1.29 is 10.0 Å². The third-order valence-corrected chi connectivity index (χ3v) is 3.45. The lowest BCUT2D eigenvalue weighted by atomic mass is 10.0. The fraction of sp³-hybridized carbons (Fsp3) is 0.333. The number of nitrogens with zero attached hydrogens (tertiary/aromatic N) is 3. The van der Waals surface area contributed by atoms with E-state index in [0.717, 1.165) is 22.8 Å². The molecule has 1 aromatic heterocycles. The summed E-state index contributed by atoms with van der Waals surface area (Å²) in [6, 6.07) is 5.90. The Labute approximate surface area is 122 Å². The van der Waals surface area contributed by atoms with E-state index in [-0.39, 0.29) is 5.69 Å². The maximum atomic E-state index is 10.6. The van der Waals surface area contributed by atoms with Crippen molar-refractivity contribution in [3.05, 3.63) is 62.7 Å². The summed E-state index contributed by atoms with van der Waals surface area (Å²) < 4.78 is 0. The molecule has 6 nitrogen and oxygen atoms in total. The summed E-state index contributed by atoms with van der Waals surface area (Å²) in [6.45, 7) is 5.63. The molecule has 2 aromatic rings. The molecular weight excluding hydrogens is 270 g/mol. The summed E-state index contributed by atoms with van der Waals surface area (Å²) in [5, 5.41) is 20.9. The van der Waals surface area contributed by atoms with Crippen LogP contribution in [0.25, 0.3) is 0 Å². The Morgan fingerprint density at radius 3 is 2.24 bits per heavy atom. The second kappa shape index (κ2) is 5.97. The summed E-state index contributed by atoms with van der Waals surface area (Å²) in [4.78, 5) is 19.0. The average molecular weight is 287 g/mol. The van der Waals surface area contributed by atoms with Crippen LogP contribution in [-0.4, -0.2) is 20.0 Å². The normalized spacial score (nSPS) is 12.2. The van der Waals surface area contributed by atoms with Gasteiger partial charge >= 0.3 is 0 Å². The number of aryl methyl sites for hydroxylation is 3. The van der Waals surface area contributed by atoms with Gasteiger partial charge in [0.25, 0.3) is 5.69 Å². The third kappa shape index (κ3) is 3.41. The maximum absolute atomic E-state index is 10.6. The molecule has 0 radical (unpaired) electrons. The van der Waals surface area contributed by atoms with Gasteiger partial charge < -0.3 is 5.11 Å². The van der Waals surface area contributed by atoms with Crippen LogP contribution in [0.3, 0.4) is 0 Å². The highest BCUT2D eigenvalue weighted by Gasteiger charge is 2.14. The largest absolute Gasteiger partial charge is 0.388 e. The van der Waals surface area contributed by atoms with E-state index in [0.29, 0.717) is 12.0 Å². The predicted octanol–water partition coefficient (Wildman–Crippen LogP) is 2.59. The lowest BCUT2D eigenvalue weighted by Crippen LogP contribution is -2.08. The predicted molar refractivity (Wildman–Crippen MR) is 78.0 cm³/mol. The van der Waals surface area contributed by atoms with Crippen LogP contribution < -0.4 is 0 Å². The van der Waals surface area contributed by atoms with Gasteiger partial charge in [0.2, 0.25) is 0 Å². The number of hydrogen-bond acceptors (Lipinski definition) is 5. The van der Waals surface area contributed by atoms with Gasteiger partial charge in [-0.15, -0.1) is 0 Å². The maximum Gasteiger partial charge on any atom is 0.269 e. The van der Waals surface area contributed by atoms with Crippen molar-refractivity contribution in [1.82, 2.24) is 9.97 Å². The molecule has 0 amide bonds. The SMILES string of the molecule is Cc1nc(C)c(CC(O)c2ccc([N+](=O)[O-])cc2)nc1C. The average Bonchev–Trinajstić information content (AvgIpc) is 2.44. The quantitative estimate of drug-likeness (QED) is 0.689. The molecule has 0 aliphatic carbocycles.